The monoisotopic (exact) mass is 364 g/mol. The van der Waals surface area contributed by atoms with Crippen molar-refractivity contribution in [3.63, 3.8) is 0 Å². The number of hydrogen-bond acceptors (Lipinski definition) is 4. The van der Waals surface area contributed by atoms with Crippen LogP contribution in [-0.4, -0.2) is 38.2 Å². The number of alkyl halides is 3. The standard InChI is InChI=1S/C10H19OSSi.CHF3O3S/c1-12(9-13(2,3)4)8-10-6-5-7-11-10;2-1(3,4)8(5,6)7/h5-7H,8-9H2,1-4H3;(H,5,6,7)/q+1;/p-1. The average Bonchev–Trinajstić information content (AvgIpc) is 2.64. The Morgan fingerprint density at radius 3 is 2.10 bits per heavy atom. The van der Waals surface area contributed by atoms with E-state index in [4.69, 9.17) is 17.4 Å². The first-order valence-corrected chi connectivity index (χ1v) is 12.9. The fourth-order valence-electron chi connectivity index (χ4n) is 1.43. The average molecular weight is 364 g/mol. The van der Waals surface area contributed by atoms with Gasteiger partial charge in [-0.25, -0.2) is 8.42 Å². The van der Waals surface area contributed by atoms with Crippen LogP contribution in [0.3, 0.4) is 0 Å². The van der Waals surface area contributed by atoms with Gasteiger partial charge in [0.25, 0.3) is 0 Å². The van der Waals surface area contributed by atoms with Gasteiger partial charge in [0.05, 0.1) is 17.9 Å². The second-order valence-electron chi connectivity index (χ2n) is 5.61. The van der Waals surface area contributed by atoms with Crippen molar-refractivity contribution >= 4 is 29.1 Å². The van der Waals surface area contributed by atoms with E-state index in [0.717, 1.165) is 11.5 Å². The highest BCUT2D eigenvalue weighted by Gasteiger charge is 2.36. The molecule has 0 fully saturated rings. The van der Waals surface area contributed by atoms with E-state index in [2.05, 4.69) is 32.0 Å². The van der Waals surface area contributed by atoms with Crippen LogP contribution in [0.4, 0.5) is 13.2 Å². The Labute approximate surface area is 126 Å². The van der Waals surface area contributed by atoms with Gasteiger partial charge in [-0.3, -0.25) is 0 Å². The summed E-state index contributed by atoms with van der Waals surface area (Å²) < 4.78 is 64.2. The summed E-state index contributed by atoms with van der Waals surface area (Å²) in [6, 6.07) is 4.05. The van der Waals surface area contributed by atoms with Crippen molar-refractivity contribution in [1.29, 1.82) is 0 Å². The maximum Gasteiger partial charge on any atom is 0.485 e. The minimum Gasteiger partial charge on any atom is -0.741 e. The highest BCUT2D eigenvalue weighted by Crippen LogP contribution is 2.20. The van der Waals surface area contributed by atoms with Crippen molar-refractivity contribution < 1.29 is 30.6 Å². The van der Waals surface area contributed by atoms with Crippen LogP contribution in [0.25, 0.3) is 0 Å². The van der Waals surface area contributed by atoms with E-state index >= 15 is 0 Å². The lowest BCUT2D eigenvalue weighted by atomic mass is 10.5. The SMILES string of the molecule is C[S+](Cc1ccco1)C[Si](C)(C)C.O=S(=O)([O-])C(F)(F)F. The third-order valence-corrected chi connectivity index (χ3v) is 8.71. The van der Waals surface area contributed by atoms with Gasteiger partial charge in [0.1, 0.15) is 8.07 Å². The van der Waals surface area contributed by atoms with Crippen LogP contribution < -0.4 is 0 Å². The molecule has 124 valence electrons. The molecule has 4 nitrogen and oxygen atoms in total. The molecule has 0 spiro atoms. The molecule has 1 rings (SSSR count). The molecule has 1 aromatic rings. The topological polar surface area (TPSA) is 70.3 Å². The Morgan fingerprint density at radius 1 is 1.33 bits per heavy atom. The van der Waals surface area contributed by atoms with Gasteiger partial charge in [-0.05, 0) is 23.0 Å². The molecule has 1 atom stereocenters. The predicted octanol–water partition coefficient (Wildman–Crippen LogP) is 2.96. The summed E-state index contributed by atoms with van der Waals surface area (Å²) in [6.07, 6.45) is 4.11. The molecule has 10 heteroatoms. The van der Waals surface area contributed by atoms with Crippen LogP contribution in [0, 0.1) is 0 Å². The number of hydrogen-bond donors (Lipinski definition) is 0. The summed E-state index contributed by atoms with van der Waals surface area (Å²) in [7, 11) is -6.47. The van der Waals surface area contributed by atoms with Crippen LogP contribution in [0.5, 0.6) is 0 Å². The van der Waals surface area contributed by atoms with E-state index < -0.39 is 23.7 Å². The number of furan rings is 1. The van der Waals surface area contributed by atoms with Gasteiger partial charge in [0.2, 0.25) is 0 Å². The Bertz CT molecular complexity index is 507. The summed E-state index contributed by atoms with van der Waals surface area (Å²) in [6.45, 7) is 7.29. The van der Waals surface area contributed by atoms with Crippen LogP contribution >= 0.6 is 0 Å². The molecule has 21 heavy (non-hydrogen) atoms. The largest absolute Gasteiger partial charge is 0.741 e. The van der Waals surface area contributed by atoms with E-state index in [1.54, 1.807) is 6.26 Å². The molecule has 0 N–H and O–H groups in total. The molecule has 0 aromatic carbocycles. The van der Waals surface area contributed by atoms with Crippen LogP contribution in [0.1, 0.15) is 5.76 Å². The first-order valence-electron chi connectivity index (χ1n) is 5.86. The maximum atomic E-state index is 10.7. The summed E-state index contributed by atoms with van der Waals surface area (Å²) in [5.41, 5.74) is -5.65. The molecular formula is C11H19F3O4S2Si. The first-order chi connectivity index (χ1) is 9.22. The lowest BCUT2D eigenvalue weighted by Crippen LogP contribution is -2.32. The molecule has 0 saturated carbocycles. The van der Waals surface area contributed by atoms with E-state index in [0.29, 0.717) is 10.9 Å². The maximum absolute atomic E-state index is 10.7. The van der Waals surface area contributed by atoms with Crippen LogP contribution in [0.2, 0.25) is 19.6 Å². The minimum absolute atomic E-state index is 0.499. The molecule has 0 amide bonds. The molecular weight excluding hydrogens is 345 g/mol. The quantitative estimate of drug-likeness (QED) is 0.356. The van der Waals surface area contributed by atoms with E-state index in [1.807, 2.05) is 6.07 Å². The van der Waals surface area contributed by atoms with E-state index in [-0.39, 0.29) is 0 Å². The van der Waals surface area contributed by atoms with Crippen molar-refractivity contribution in [3.8, 4) is 0 Å². The Morgan fingerprint density at radius 2 is 1.81 bits per heavy atom. The third kappa shape index (κ3) is 9.99. The third-order valence-electron chi connectivity index (χ3n) is 1.93. The minimum atomic E-state index is -6.09. The van der Waals surface area contributed by atoms with Crippen LogP contribution in [-0.2, 0) is 26.8 Å². The Kier molecular flexibility index (Phi) is 7.54. The van der Waals surface area contributed by atoms with Gasteiger partial charge in [-0.2, -0.15) is 13.2 Å². The molecule has 0 aliphatic rings. The summed E-state index contributed by atoms with van der Waals surface area (Å²) in [5, 5.41) is 1.41. The summed E-state index contributed by atoms with van der Waals surface area (Å²) >= 11 is 0. The second-order valence-corrected chi connectivity index (χ2v) is 15.1. The molecule has 0 bridgehead atoms. The Hall–Kier alpha value is -0.453. The zero-order chi connectivity index (χ0) is 16.9. The smallest absolute Gasteiger partial charge is 0.485 e. The second kappa shape index (κ2) is 7.70. The van der Waals surface area contributed by atoms with Crippen molar-refractivity contribution in [2.45, 2.75) is 30.9 Å². The molecule has 0 aliphatic carbocycles. The summed E-state index contributed by atoms with van der Waals surface area (Å²) in [5.74, 6) is 2.26. The van der Waals surface area contributed by atoms with Gasteiger partial charge in [0, 0.05) is 0 Å². The van der Waals surface area contributed by atoms with Crippen molar-refractivity contribution in [2.75, 3.05) is 11.6 Å². The fourth-order valence-corrected chi connectivity index (χ4v) is 8.40. The van der Waals surface area contributed by atoms with Gasteiger partial charge < -0.3 is 8.97 Å². The number of rotatable bonds is 4. The molecule has 1 aromatic heterocycles. The van der Waals surface area contributed by atoms with Crippen LogP contribution in [0.15, 0.2) is 22.8 Å². The van der Waals surface area contributed by atoms with Crippen molar-refractivity contribution in [3.05, 3.63) is 24.2 Å². The molecule has 1 unspecified atom stereocenters. The zero-order valence-electron chi connectivity index (χ0n) is 12.2. The fraction of sp³-hybridized carbons (Fsp3) is 0.636. The molecule has 0 aliphatic heterocycles. The van der Waals surface area contributed by atoms with Gasteiger partial charge >= 0.3 is 5.51 Å². The normalized spacial score (nSPS) is 14.3. The van der Waals surface area contributed by atoms with Gasteiger partial charge in [-0.1, -0.05) is 19.6 Å². The number of halogens is 3. The van der Waals surface area contributed by atoms with Gasteiger partial charge in [-0.15, -0.1) is 0 Å². The van der Waals surface area contributed by atoms with Gasteiger partial charge in [0.15, 0.2) is 21.6 Å². The highest BCUT2D eigenvalue weighted by atomic mass is 32.2. The van der Waals surface area contributed by atoms with Crippen molar-refractivity contribution in [1.82, 2.24) is 0 Å². The molecule has 1 heterocycles. The predicted molar refractivity (Wildman–Crippen MR) is 79.7 cm³/mol. The van der Waals surface area contributed by atoms with E-state index in [9.17, 15) is 13.2 Å². The Balaban J connectivity index is 0.000000433. The molecule has 0 saturated heterocycles. The summed E-state index contributed by atoms with van der Waals surface area (Å²) in [4.78, 5) is 0. The van der Waals surface area contributed by atoms with Crippen molar-refractivity contribution in [2.24, 2.45) is 0 Å². The van der Waals surface area contributed by atoms with E-state index in [1.165, 1.54) is 5.38 Å². The lowest BCUT2D eigenvalue weighted by Gasteiger charge is -2.13. The highest BCUT2D eigenvalue weighted by molar-refractivity contribution is 7.97. The first kappa shape index (κ1) is 20.5. The lowest BCUT2D eigenvalue weighted by molar-refractivity contribution is -0.0517. The zero-order valence-corrected chi connectivity index (χ0v) is 14.9. The molecule has 0 radical (unpaired) electrons.